The van der Waals surface area contributed by atoms with Crippen LogP contribution in [0.1, 0.15) is 74.8 Å². The number of piperazine rings is 1. The van der Waals surface area contributed by atoms with Gasteiger partial charge in [-0.25, -0.2) is 24.2 Å². The van der Waals surface area contributed by atoms with Crippen molar-refractivity contribution in [2.24, 2.45) is 11.7 Å². The molecule has 1 saturated heterocycles. The number of pyridine rings is 2. The summed E-state index contributed by atoms with van der Waals surface area (Å²) in [5.41, 5.74) is 7.97. The molecule has 7 rings (SSSR count). The SMILES string of the molecule is CCc1c2c(nc3ccc(OC(=O)N4CCN(C(=O)OCc5ccc(NC(=O)[C@H](CCCNC(N)=O)NC(=O)[C@@H](NC)C(C)C)cc5)CC4)cc13)-c1cc3c(c(=O)n1C2)COC(=O)[C@]3(O)CC. The molecule has 20 nitrogen and oxygen atoms in total. The first-order valence-corrected chi connectivity index (χ1v) is 22.5. The van der Waals surface area contributed by atoms with Crippen molar-refractivity contribution >= 4 is 52.6 Å². The summed E-state index contributed by atoms with van der Waals surface area (Å²) in [6.45, 7) is 8.50. The molecule has 0 radical (unpaired) electrons. The Balaban J connectivity index is 0.917. The van der Waals surface area contributed by atoms with Gasteiger partial charge in [-0.15, -0.1) is 0 Å². The molecular weight excluding hydrogens is 867 g/mol. The molecule has 5 heterocycles. The van der Waals surface area contributed by atoms with Crippen LogP contribution in [0, 0.1) is 5.92 Å². The predicted molar refractivity (Wildman–Crippen MR) is 245 cm³/mol. The minimum atomic E-state index is -1.93. The number of nitrogens with one attached hydrogen (secondary N) is 4. The van der Waals surface area contributed by atoms with Crippen LogP contribution in [0.15, 0.2) is 53.3 Å². The third-order valence-electron chi connectivity index (χ3n) is 12.6. The van der Waals surface area contributed by atoms with Crippen LogP contribution in [0.5, 0.6) is 5.75 Å². The number of benzene rings is 2. The molecule has 3 aliphatic rings. The normalized spacial score (nSPS) is 17.1. The molecule has 1 fully saturated rings. The molecule has 2 aromatic heterocycles. The number of primary amides is 1. The zero-order valence-corrected chi connectivity index (χ0v) is 38.2. The number of urea groups is 1. The molecule has 20 heteroatoms. The Morgan fingerprint density at radius 1 is 0.940 bits per heavy atom. The lowest BCUT2D eigenvalue weighted by atomic mass is 9.86. The van der Waals surface area contributed by atoms with Gasteiger partial charge in [0.2, 0.25) is 11.8 Å². The van der Waals surface area contributed by atoms with Crippen LogP contribution in [-0.4, -0.2) is 112 Å². The Labute approximate surface area is 386 Å². The molecule has 0 saturated carbocycles. The molecule has 4 aromatic rings. The zero-order chi connectivity index (χ0) is 48.2. The number of nitrogens with two attached hydrogens (primary N) is 1. The van der Waals surface area contributed by atoms with Crippen LogP contribution in [-0.2, 0) is 55.6 Å². The molecule has 0 bridgehead atoms. The average Bonchev–Trinajstić information content (AvgIpc) is 3.68. The number of anilines is 1. The molecule has 2 aromatic carbocycles. The van der Waals surface area contributed by atoms with E-state index in [1.54, 1.807) is 67.1 Å². The standard InChI is InChI=1S/C47H57N9O11/c1-6-30-31-21-29(14-15-35(31)52-39-32(30)23-56-37(39)22-34-33(42(56)59)25-65-43(60)47(34,64)7-2)67-46(63)55-19-17-54(18-20-55)45(62)66-24-27-10-12-28(13-11-27)51-40(57)36(9-8-16-50-44(48)61)53-41(58)38(49-5)26(3)4/h10-15,21-22,26,36,38,49,64H,6-9,16-20,23-25H2,1-5H3,(H,51,57)(H,53,58)(H3,48,50,61)/t36-,38-,47-/m0/s1. The first-order chi connectivity index (χ1) is 32.1. The summed E-state index contributed by atoms with van der Waals surface area (Å²) in [4.78, 5) is 98.0. The Hall–Kier alpha value is -7.06. The fourth-order valence-corrected chi connectivity index (χ4v) is 8.81. The smallest absolute Gasteiger partial charge is 0.415 e. The van der Waals surface area contributed by atoms with Gasteiger partial charge < -0.3 is 60.7 Å². The molecule has 0 aliphatic carbocycles. The largest absolute Gasteiger partial charge is 0.458 e. The molecule has 0 spiro atoms. The van der Waals surface area contributed by atoms with E-state index in [0.29, 0.717) is 46.7 Å². The molecule has 0 unspecified atom stereocenters. The number of aromatic nitrogens is 2. The van der Waals surface area contributed by atoms with E-state index in [-0.39, 0.29) is 93.8 Å². The fourth-order valence-electron chi connectivity index (χ4n) is 8.81. The highest BCUT2D eigenvalue weighted by Gasteiger charge is 2.45. The second-order valence-electron chi connectivity index (χ2n) is 17.1. The van der Waals surface area contributed by atoms with E-state index in [1.807, 2.05) is 20.8 Å². The van der Waals surface area contributed by atoms with Gasteiger partial charge in [-0.3, -0.25) is 14.4 Å². The van der Waals surface area contributed by atoms with Gasteiger partial charge in [0, 0.05) is 54.9 Å². The van der Waals surface area contributed by atoms with E-state index >= 15 is 0 Å². The van der Waals surface area contributed by atoms with Crippen LogP contribution in [0.4, 0.5) is 20.1 Å². The van der Waals surface area contributed by atoms with E-state index in [2.05, 4.69) is 21.3 Å². The number of cyclic esters (lactones) is 1. The lowest BCUT2D eigenvalue weighted by Gasteiger charge is -2.33. The Morgan fingerprint density at radius 3 is 2.28 bits per heavy atom. The van der Waals surface area contributed by atoms with Gasteiger partial charge >= 0.3 is 24.2 Å². The highest BCUT2D eigenvalue weighted by atomic mass is 16.6. The summed E-state index contributed by atoms with van der Waals surface area (Å²) in [7, 11) is 1.67. The molecule has 7 N–H and O–H groups in total. The number of aliphatic hydroxyl groups is 1. The number of hydrogen-bond donors (Lipinski definition) is 6. The van der Waals surface area contributed by atoms with Gasteiger partial charge in [0.05, 0.1) is 35.1 Å². The Bertz CT molecular complexity index is 2640. The van der Waals surface area contributed by atoms with Crippen LogP contribution in [0.2, 0.25) is 0 Å². The topological polar surface area (TPSA) is 266 Å². The summed E-state index contributed by atoms with van der Waals surface area (Å²) < 4.78 is 18.2. The maximum absolute atomic E-state index is 13.7. The van der Waals surface area contributed by atoms with Crippen LogP contribution < -0.4 is 37.3 Å². The van der Waals surface area contributed by atoms with E-state index in [4.69, 9.17) is 24.9 Å². The lowest BCUT2D eigenvalue weighted by Crippen LogP contribution is -2.52. The van der Waals surface area contributed by atoms with Crippen molar-refractivity contribution in [1.82, 2.24) is 35.3 Å². The number of ether oxygens (including phenoxy) is 3. The van der Waals surface area contributed by atoms with E-state index in [0.717, 1.165) is 16.5 Å². The summed E-state index contributed by atoms with van der Waals surface area (Å²) >= 11 is 0. The Kier molecular flexibility index (Phi) is 14.4. The molecule has 67 heavy (non-hydrogen) atoms. The summed E-state index contributed by atoms with van der Waals surface area (Å²) in [6.07, 6.45) is 0.141. The zero-order valence-electron chi connectivity index (χ0n) is 38.2. The quantitative estimate of drug-likeness (QED) is 0.0652. The van der Waals surface area contributed by atoms with Crippen molar-refractivity contribution in [2.75, 3.05) is 45.1 Å². The van der Waals surface area contributed by atoms with Gasteiger partial charge in [-0.1, -0.05) is 39.8 Å². The van der Waals surface area contributed by atoms with Crippen molar-refractivity contribution in [2.45, 2.75) is 90.8 Å². The minimum absolute atomic E-state index is 0.0238. The number of nitrogens with zero attached hydrogens (tertiary/aromatic N) is 4. The maximum Gasteiger partial charge on any atom is 0.415 e. The molecule has 3 atom stereocenters. The third kappa shape index (κ3) is 10.0. The Morgan fingerprint density at radius 2 is 1.64 bits per heavy atom. The average molecular weight is 924 g/mol. The lowest BCUT2D eigenvalue weighted by molar-refractivity contribution is -0.172. The molecule has 3 aliphatic heterocycles. The molecule has 356 valence electrons. The summed E-state index contributed by atoms with van der Waals surface area (Å²) in [6, 6.07) is 11.5. The maximum atomic E-state index is 13.7. The van der Waals surface area contributed by atoms with E-state index in [1.165, 1.54) is 9.80 Å². The van der Waals surface area contributed by atoms with Gasteiger partial charge in [-0.05, 0) is 86.2 Å². The second kappa shape index (κ2) is 20.2. The van der Waals surface area contributed by atoms with Crippen molar-refractivity contribution in [1.29, 1.82) is 0 Å². The number of fused-ring (bicyclic) bond motifs is 5. The molecular formula is C47H57N9O11. The number of aryl methyl sites for hydroxylation is 1. The predicted octanol–water partition coefficient (Wildman–Crippen LogP) is 3.21. The van der Waals surface area contributed by atoms with Gasteiger partial charge in [0.1, 0.15) is 25.0 Å². The molecule has 6 amide bonds. The summed E-state index contributed by atoms with van der Waals surface area (Å²) in [5.74, 6) is -1.27. The number of hydrogen-bond acceptors (Lipinski definition) is 13. The van der Waals surface area contributed by atoms with Crippen molar-refractivity contribution in [3.8, 4) is 17.1 Å². The number of carbonyl (C=O) groups excluding carboxylic acids is 6. The number of carbonyl (C=O) groups is 6. The highest BCUT2D eigenvalue weighted by molar-refractivity contribution is 5.98. The third-order valence-corrected chi connectivity index (χ3v) is 12.6. The highest BCUT2D eigenvalue weighted by Crippen LogP contribution is 2.41. The monoisotopic (exact) mass is 923 g/mol. The van der Waals surface area contributed by atoms with E-state index in [9.17, 15) is 38.7 Å². The van der Waals surface area contributed by atoms with Crippen LogP contribution in [0.3, 0.4) is 0 Å². The van der Waals surface area contributed by atoms with Crippen molar-refractivity contribution in [3.63, 3.8) is 0 Å². The number of amides is 6. The van der Waals surface area contributed by atoms with Crippen molar-refractivity contribution < 1.29 is 48.1 Å². The minimum Gasteiger partial charge on any atom is -0.458 e. The van der Waals surface area contributed by atoms with Crippen LogP contribution >= 0.6 is 0 Å². The van der Waals surface area contributed by atoms with Crippen molar-refractivity contribution in [3.05, 3.63) is 86.7 Å². The van der Waals surface area contributed by atoms with Gasteiger partial charge in [0.25, 0.3) is 5.56 Å². The van der Waals surface area contributed by atoms with E-state index < -0.39 is 47.8 Å². The first kappa shape index (κ1) is 47.9. The number of esters is 1. The first-order valence-electron chi connectivity index (χ1n) is 22.5. The van der Waals surface area contributed by atoms with Crippen LogP contribution in [0.25, 0.3) is 22.3 Å². The fraction of sp³-hybridized carbons (Fsp3) is 0.447. The van der Waals surface area contributed by atoms with Gasteiger partial charge in [-0.2, -0.15) is 0 Å². The second-order valence-corrected chi connectivity index (χ2v) is 17.1. The number of likely N-dealkylation sites (N-methyl/N-ethyl adjacent to an activating group) is 1. The van der Waals surface area contributed by atoms with Gasteiger partial charge in [0.15, 0.2) is 5.60 Å². The number of rotatable bonds is 15. The summed E-state index contributed by atoms with van der Waals surface area (Å²) in [5, 5.41) is 23.1.